The highest BCUT2D eigenvalue weighted by atomic mass is 32.1. The van der Waals surface area contributed by atoms with Crippen molar-refractivity contribution in [3.63, 3.8) is 0 Å². The van der Waals surface area contributed by atoms with Gasteiger partial charge in [-0.15, -0.1) is 0 Å². The van der Waals surface area contributed by atoms with E-state index in [0.29, 0.717) is 11.6 Å². The molecule has 0 aliphatic carbocycles. The molecule has 0 aromatic carbocycles. The van der Waals surface area contributed by atoms with Crippen LogP contribution in [0.25, 0.3) is 0 Å². The monoisotopic (exact) mass is 187 g/mol. The highest BCUT2D eigenvalue weighted by molar-refractivity contribution is 7.11. The zero-order valence-electron chi connectivity index (χ0n) is 6.61. The van der Waals surface area contributed by atoms with Crippen molar-refractivity contribution >= 4 is 17.3 Å². The highest BCUT2D eigenvalue weighted by Gasteiger charge is 2.03. The number of hydrogen-bond donors (Lipinski definition) is 1. The fraction of sp³-hybridized carbons (Fsp3) is 0.429. The first kappa shape index (κ1) is 8.99. The number of methoxy groups -OCH3 is 1. The Kier molecular flexibility index (Phi) is 3.04. The lowest BCUT2D eigenvalue weighted by Gasteiger charge is -1.90. The lowest BCUT2D eigenvalue weighted by atomic mass is 10.3. The van der Waals surface area contributed by atoms with Gasteiger partial charge in [0.2, 0.25) is 0 Å². The number of carboxylic acids is 1. The van der Waals surface area contributed by atoms with Crippen molar-refractivity contribution in [2.24, 2.45) is 0 Å². The minimum absolute atomic E-state index is 0.118. The molecule has 0 saturated carbocycles. The predicted octanol–water partition coefficient (Wildman–Crippen LogP) is 1.17. The Morgan fingerprint density at radius 1 is 1.83 bits per heavy atom. The van der Waals surface area contributed by atoms with Crippen LogP contribution in [0.2, 0.25) is 0 Å². The van der Waals surface area contributed by atoms with Gasteiger partial charge in [0, 0.05) is 11.8 Å². The zero-order valence-corrected chi connectivity index (χ0v) is 7.43. The first-order valence-corrected chi connectivity index (χ1v) is 4.30. The van der Waals surface area contributed by atoms with Crippen LogP contribution in [-0.4, -0.2) is 23.2 Å². The van der Waals surface area contributed by atoms with Crippen LogP contribution in [0.3, 0.4) is 0 Å². The van der Waals surface area contributed by atoms with Crippen molar-refractivity contribution in [2.75, 3.05) is 7.11 Å². The van der Waals surface area contributed by atoms with E-state index in [9.17, 15) is 4.79 Å². The van der Waals surface area contributed by atoms with Crippen molar-refractivity contribution < 1.29 is 14.6 Å². The SMILES string of the molecule is COc1nc(CCC(=O)O)cs1. The van der Waals surface area contributed by atoms with Crippen molar-refractivity contribution in [1.82, 2.24) is 4.98 Å². The van der Waals surface area contributed by atoms with Gasteiger partial charge in [-0.1, -0.05) is 11.3 Å². The Morgan fingerprint density at radius 2 is 2.58 bits per heavy atom. The molecule has 1 rings (SSSR count). The van der Waals surface area contributed by atoms with Gasteiger partial charge in [-0.05, 0) is 0 Å². The molecule has 4 nitrogen and oxygen atoms in total. The average molecular weight is 187 g/mol. The van der Waals surface area contributed by atoms with Crippen LogP contribution < -0.4 is 4.74 Å². The molecule has 0 spiro atoms. The number of aromatic nitrogens is 1. The Morgan fingerprint density at radius 3 is 3.08 bits per heavy atom. The predicted molar refractivity (Wildman–Crippen MR) is 44.6 cm³/mol. The summed E-state index contributed by atoms with van der Waals surface area (Å²) in [5.41, 5.74) is 0.777. The molecule has 1 N–H and O–H groups in total. The average Bonchev–Trinajstić information content (AvgIpc) is 2.48. The first-order valence-electron chi connectivity index (χ1n) is 3.42. The molecule has 1 aromatic heterocycles. The molecule has 1 aromatic rings. The summed E-state index contributed by atoms with van der Waals surface area (Å²) in [6.07, 6.45) is 0.585. The summed E-state index contributed by atoms with van der Waals surface area (Å²) in [6.45, 7) is 0. The summed E-state index contributed by atoms with van der Waals surface area (Å²) in [4.78, 5) is 14.2. The molecule has 1 heterocycles. The van der Waals surface area contributed by atoms with Crippen LogP contribution in [0, 0.1) is 0 Å². The summed E-state index contributed by atoms with van der Waals surface area (Å²) >= 11 is 1.37. The largest absolute Gasteiger partial charge is 0.481 e. The normalized spacial score (nSPS) is 9.75. The number of ether oxygens (including phenoxy) is 1. The molecule has 0 bridgehead atoms. The van der Waals surface area contributed by atoms with Gasteiger partial charge < -0.3 is 9.84 Å². The van der Waals surface area contributed by atoms with Gasteiger partial charge in [-0.25, -0.2) is 4.98 Å². The Labute approximate surface area is 73.8 Å². The third-order valence-electron chi connectivity index (χ3n) is 1.30. The third kappa shape index (κ3) is 2.50. The summed E-state index contributed by atoms with van der Waals surface area (Å²) in [5, 5.41) is 10.8. The van der Waals surface area contributed by atoms with Crippen LogP contribution in [-0.2, 0) is 11.2 Å². The number of hydrogen-bond acceptors (Lipinski definition) is 4. The van der Waals surface area contributed by atoms with Crippen LogP contribution >= 0.6 is 11.3 Å². The topological polar surface area (TPSA) is 59.4 Å². The molecule has 0 aliphatic rings. The number of aryl methyl sites for hydroxylation is 1. The van der Waals surface area contributed by atoms with Crippen molar-refractivity contribution in [3.05, 3.63) is 11.1 Å². The van der Waals surface area contributed by atoms with E-state index in [1.165, 1.54) is 11.3 Å². The molecule has 0 atom stereocenters. The number of thiazole rings is 1. The van der Waals surface area contributed by atoms with E-state index in [1.807, 2.05) is 5.38 Å². The molecule has 0 aliphatic heterocycles. The van der Waals surface area contributed by atoms with Gasteiger partial charge in [-0.3, -0.25) is 4.79 Å². The zero-order chi connectivity index (χ0) is 8.97. The van der Waals surface area contributed by atoms with Gasteiger partial charge in [0.1, 0.15) is 0 Å². The Balaban J connectivity index is 2.47. The van der Waals surface area contributed by atoms with Gasteiger partial charge in [0.05, 0.1) is 19.2 Å². The minimum Gasteiger partial charge on any atom is -0.481 e. The van der Waals surface area contributed by atoms with Gasteiger partial charge in [0.15, 0.2) is 0 Å². The quantitative estimate of drug-likeness (QED) is 0.768. The van der Waals surface area contributed by atoms with E-state index in [-0.39, 0.29) is 6.42 Å². The number of aliphatic carboxylic acids is 1. The number of nitrogens with zero attached hydrogens (tertiary/aromatic N) is 1. The maximum absolute atomic E-state index is 10.2. The Bertz CT molecular complexity index is 271. The van der Waals surface area contributed by atoms with E-state index in [0.717, 1.165) is 5.69 Å². The van der Waals surface area contributed by atoms with Crippen LogP contribution in [0.4, 0.5) is 0 Å². The minimum atomic E-state index is -0.804. The van der Waals surface area contributed by atoms with E-state index in [4.69, 9.17) is 9.84 Å². The van der Waals surface area contributed by atoms with Crippen molar-refractivity contribution in [1.29, 1.82) is 0 Å². The lowest BCUT2D eigenvalue weighted by molar-refractivity contribution is -0.136. The van der Waals surface area contributed by atoms with Crippen LogP contribution in [0.15, 0.2) is 5.38 Å². The maximum Gasteiger partial charge on any atom is 0.303 e. The van der Waals surface area contributed by atoms with E-state index in [1.54, 1.807) is 7.11 Å². The molecule has 66 valence electrons. The third-order valence-corrected chi connectivity index (χ3v) is 2.15. The van der Waals surface area contributed by atoms with Crippen LogP contribution in [0.1, 0.15) is 12.1 Å². The van der Waals surface area contributed by atoms with E-state index in [2.05, 4.69) is 4.98 Å². The molecule has 0 saturated heterocycles. The summed E-state index contributed by atoms with van der Waals surface area (Å²) in [5.74, 6) is -0.804. The van der Waals surface area contributed by atoms with E-state index < -0.39 is 5.97 Å². The molecule has 0 fully saturated rings. The summed E-state index contributed by atoms with van der Waals surface area (Å²) in [6, 6.07) is 0. The second-order valence-corrected chi connectivity index (χ2v) is 3.02. The van der Waals surface area contributed by atoms with Crippen molar-refractivity contribution in [3.8, 4) is 5.19 Å². The summed E-state index contributed by atoms with van der Waals surface area (Å²) in [7, 11) is 1.54. The second-order valence-electron chi connectivity index (χ2n) is 2.20. The van der Waals surface area contributed by atoms with E-state index >= 15 is 0 Å². The highest BCUT2D eigenvalue weighted by Crippen LogP contribution is 2.17. The molecule has 0 unspecified atom stereocenters. The van der Waals surface area contributed by atoms with Crippen molar-refractivity contribution in [2.45, 2.75) is 12.8 Å². The smallest absolute Gasteiger partial charge is 0.303 e. The number of rotatable bonds is 4. The first-order chi connectivity index (χ1) is 5.72. The van der Waals surface area contributed by atoms with Gasteiger partial charge in [0.25, 0.3) is 5.19 Å². The fourth-order valence-corrected chi connectivity index (χ4v) is 1.41. The van der Waals surface area contributed by atoms with Crippen LogP contribution in [0.5, 0.6) is 5.19 Å². The summed E-state index contributed by atoms with van der Waals surface area (Å²) < 4.78 is 4.86. The Hall–Kier alpha value is -1.10. The number of carbonyl (C=O) groups is 1. The lowest BCUT2D eigenvalue weighted by Crippen LogP contribution is -1.97. The molecule has 12 heavy (non-hydrogen) atoms. The standard InChI is InChI=1S/C7H9NO3S/c1-11-7-8-5(4-12-7)2-3-6(9)10/h4H,2-3H2,1H3,(H,9,10). The molecular weight excluding hydrogens is 178 g/mol. The molecular formula is C7H9NO3S. The second kappa shape index (κ2) is 4.06. The molecule has 0 radical (unpaired) electrons. The number of carboxylic acid groups (broad SMARTS) is 1. The van der Waals surface area contributed by atoms with Gasteiger partial charge >= 0.3 is 5.97 Å². The molecule has 5 heteroatoms. The molecule has 0 amide bonds. The fourth-order valence-electron chi connectivity index (χ4n) is 0.732. The van der Waals surface area contributed by atoms with Gasteiger partial charge in [-0.2, -0.15) is 0 Å². The maximum atomic E-state index is 10.2.